The topological polar surface area (TPSA) is 50.8 Å². The van der Waals surface area contributed by atoms with Crippen molar-refractivity contribution >= 4 is 23.3 Å². The molecule has 9 heteroatoms. The Morgan fingerprint density at radius 2 is 1.93 bits per heavy atom. The van der Waals surface area contributed by atoms with E-state index in [1.54, 1.807) is 25.1 Å². The van der Waals surface area contributed by atoms with Crippen molar-refractivity contribution < 1.29 is 27.4 Å². The largest absolute Gasteiger partial charge is 0.454 e. The predicted molar refractivity (Wildman–Crippen MR) is 94.1 cm³/mol. The average Bonchev–Trinajstić information content (AvgIpc) is 3.08. The number of carbonyl (C=O) groups is 1. The minimum Gasteiger partial charge on any atom is -0.454 e. The van der Waals surface area contributed by atoms with Gasteiger partial charge in [-0.1, -0.05) is 17.7 Å². The highest BCUT2D eigenvalue weighted by Crippen LogP contribution is 2.36. The summed E-state index contributed by atoms with van der Waals surface area (Å²) in [7, 11) is 0. The molecule has 5 nitrogen and oxygen atoms in total. The number of fused-ring (bicyclic) bond motifs is 1. The molecule has 0 saturated carbocycles. The fourth-order valence-corrected chi connectivity index (χ4v) is 2.83. The molecule has 0 radical (unpaired) electrons. The molecule has 1 N–H and O–H groups in total. The number of anilines is 1. The summed E-state index contributed by atoms with van der Waals surface area (Å²) < 4.78 is 49.4. The monoisotopic (exact) mass is 400 g/mol. The van der Waals surface area contributed by atoms with Gasteiger partial charge in [-0.15, -0.1) is 0 Å². The van der Waals surface area contributed by atoms with E-state index in [1.807, 2.05) is 0 Å². The normalized spacial score (nSPS) is 12.8. The Morgan fingerprint density at radius 3 is 2.63 bits per heavy atom. The van der Waals surface area contributed by atoms with Crippen LogP contribution in [-0.2, 0) is 12.7 Å². The van der Waals surface area contributed by atoms with E-state index in [0.29, 0.717) is 18.0 Å². The third-order valence-electron chi connectivity index (χ3n) is 4.00. The summed E-state index contributed by atoms with van der Waals surface area (Å²) in [5, 5.41) is 2.05. The van der Waals surface area contributed by atoms with E-state index in [-0.39, 0.29) is 19.0 Å². The van der Waals surface area contributed by atoms with Crippen molar-refractivity contribution in [3.63, 3.8) is 0 Å². The Labute approximate surface area is 158 Å². The fraction of sp³-hybridized carbons (Fsp3) is 0.278. The van der Waals surface area contributed by atoms with E-state index in [0.717, 1.165) is 17.7 Å². The summed E-state index contributed by atoms with van der Waals surface area (Å²) in [6.45, 7) is 2.54. The van der Waals surface area contributed by atoms with Crippen molar-refractivity contribution in [3.05, 3.63) is 52.5 Å². The lowest BCUT2D eigenvalue weighted by atomic mass is 10.2. The molecule has 0 fully saturated rings. The standard InChI is InChI=1S/C18H16ClF3N2O3/c1-2-24(9-11-3-6-15-16(7-11)27-10-26-15)17(25)23-12-4-5-14(19)13(8-12)18(20,21)22/h3-8H,2,9-10H2,1H3,(H,23,25). The first-order valence-electron chi connectivity index (χ1n) is 8.09. The Morgan fingerprint density at radius 1 is 1.19 bits per heavy atom. The van der Waals surface area contributed by atoms with E-state index >= 15 is 0 Å². The quantitative estimate of drug-likeness (QED) is 0.773. The molecule has 1 heterocycles. The molecule has 1 aliphatic rings. The highest BCUT2D eigenvalue weighted by molar-refractivity contribution is 6.31. The predicted octanol–water partition coefficient (Wildman–Crippen LogP) is 5.14. The van der Waals surface area contributed by atoms with Gasteiger partial charge in [0.25, 0.3) is 0 Å². The molecular formula is C18H16ClF3N2O3. The van der Waals surface area contributed by atoms with Crippen LogP contribution in [0.25, 0.3) is 0 Å². The molecule has 0 unspecified atom stereocenters. The second-order valence-corrected chi connectivity index (χ2v) is 6.23. The van der Waals surface area contributed by atoms with Crippen molar-refractivity contribution in [2.45, 2.75) is 19.6 Å². The lowest BCUT2D eigenvalue weighted by Crippen LogP contribution is -2.34. The van der Waals surface area contributed by atoms with E-state index in [4.69, 9.17) is 21.1 Å². The summed E-state index contributed by atoms with van der Waals surface area (Å²) in [5.41, 5.74) is -0.176. The van der Waals surface area contributed by atoms with Crippen LogP contribution in [0.5, 0.6) is 11.5 Å². The molecular weight excluding hydrogens is 385 g/mol. The number of amides is 2. The second kappa shape index (κ2) is 7.56. The molecule has 2 amide bonds. The first kappa shape index (κ1) is 19.2. The number of nitrogens with zero attached hydrogens (tertiary/aromatic N) is 1. The maximum absolute atomic E-state index is 13.0. The maximum Gasteiger partial charge on any atom is 0.417 e. The molecule has 0 bridgehead atoms. The van der Waals surface area contributed by atoms with Crippen molar-refractivity contribution in [1.82, 2.24) is 4.90 Å². The third kappa shape index (κ3) is 4.39. The van der Waals surface area contributed by atoms with Crippen molar-refractivity contribution in [3.8, 4) is 11.5 Å². The minimum absolute atomic E-state index is 0.0147. The van der Waals surface area contributed by atoms with Gasteiger partial charge in [-0.3, -0.25) is 0 Å². The number of hydrogen-bond acceptors (Lipinski definition) is 3. The van der Waals surface area contributed by atoms with Gasteiger partial charge >= 0.3 is 12.2 Å². The van der Waals surface area contributed by atoms with Crippen LogP contribution in [0.4, 0.5) is 23.7 Å². The van der Waals surface area contributed by atoms with Crippen molar-refractivity contribution in [2.75, 3.05) is 18.7 Å². The molecule has 0 aromatic heterocycles. The van der Waals surface area contributed by atoms with Crippen molar-refractivity contribution in [2.24, 2.45) is 0 Å². The van der Waals surface area contributed by atoms with Gasteiger partial charge < -0.3 is 19.7 Å². The lowest BCUT2D eigenvalue weighted by Gasteiger charge is -2.22. The number of hydrogen-bond donors (Lipinski definition) is 1. The van der Waals surface area contributed by atoms with Crippen molar-refractivity contribution in [1.29, 1.82) is 0 Å². The van der Waals surface area contributed by atoms with Gasteiger partial charge in [-0.05, 0) is 42.8 Å². The van der Waals surface area contributed by atoms with Crippen LogP contribution in [0.2, 0.25) is 5.02 Å². The van der Waals surface area contributed by atoms with E-state index in [2.05, 4.69) is 5.32 Å². The van der Waals surface area contributed by atoms with Crippen LogP contribution in [0.3, 0.4) is 0 Å². The molecule has 0 spiro atoms. The number of urea groups is 1. The number of ether oxygens (including phenoxy) is 2. The molecule has 1 aliphatic heterocycles. The van der Waals surface area contributed by atoms with Crippen LogP contribution in [0.15, 0.2) is 36.4 Å². The van der Waals surface area contributed by atoms with Gasteiger partial charge in [-0.25, -0.2) is 4.79 Å². The average molecular weight is 401 g/mol. The zero-order valence-electron chi connectivity index (χ0n) is 14.3. The number of halogens is 4. The SMILES string of the molecule is CCN(Cc1ccc2c(c1)OCO2)C(=O)Nc1ccc(Cl)c(C(F)(F)F)c1. The summed E-state index contributed by atoms with van der Waals surface area (Å²) >= 11 is 5.60. The molecule has 144 valence electrons. The first-order chi connectivity index (χ1) is 12.8. The zero-order chi connectivity index (χ0) is 19.6. The molecule has 27 heavy (non-hydrogen) atoms. The van der Waals surface area contributed by atoms with Gasteiger partial charge in [0.15, 0.2) is 11.5 Å². The van der Waals surface area contributed by atoms with Crippen LogP contribution < -0.4 is 14.8 Å². The highest BCUT2D eigenvalue weighted by atomic mass is 35.5. The third-order valence-corrected chi connectivity index (χ3v) is 4.33. The van der Waals surface area contributed by atoms with Gasteiger partial charge in [0.2, 0.25) is 6.79 Å². The van der Waals surface area contributed by atoms with Crippen LogP contribution in [-0.4, -0.2) is 24.3 Å². The molecule has 3 rings (SSSR count). The Kier molecular flexibility index (Phi) is 5.36. The highest BCUT2D eigenvalue weighted by Gasteiger charge is 2.33. The second-order valence-electron chi connectivity index (χ2n) is 5.82. The molecule has 2 aromatic carbocycles. The van der Waals surface area contributed by atoms with E-state index in [9.17, 15) is 18.0 Å². The van der Waals surface area contributed by atoms with Gasteiger partial charge in [0, 0.05) is 18.8 Å². The van der Waals surface area contributed by atoms with Gasteiger partial charge in [0.05, 0.1) is 10.6 Å². The summed E-state index contributed by atoms with van der Waals surface area (Å²) in [6.07, 6.45) is -4.60. The Balaban J connectivity index is 1.72. The maximum atomic E-state index is 13.0. The van der Waals surface area contributed by atoms with Crippen LogP contribution in [0, 0.1) is 0 Å². The number of nitrogens with one attached hydrogen (secondary N) is 1. The summed E-state index contributed by atoms with van der Waals surface area (Å²) in [5.74, 6) is 1.23. The molecule has 2 aromatic rings. The molecule has 0 aliphatic carbocycles. The first-order valence-corrected chi connectivity index (χ1v) is 8.47. The number of carbonyl (C=O) groups excluding carboxylic acids is 1. The van der Waals surface area contributed by atoms with Crippen LogP contribution in [0.1, 0.15) is 18.1 Å². The lowest BCUT2D eigenvalue weighted by molar-refractivity contribution is -0.137. The minimum atomic E-state index is -4.60. The Bertz CT molecular complexity index is 858. The number of benzene rings is 2. The number of alkyl halides is 3. The molecule has 0 saturated heterocycles. The van der Waals surface area contributed by atoms with E-state index < -0.39 is 22.8 Å². The van der Waals surface area contributed by atoms with Crippen LogP contribution >= 0.6 is 11.6 Å². The zero-order valence-corrected chi connectivity index (χ0v) is 15.0. The summed E-state index contributed by atoms with van der Waals surface area (Å²) in [4.78, 5) is 13.9. The smallest absolute Gasteiger partial charge is 0.417 e. The summed E-state index contributed by atoms with van der Waals surface area (Å²) in [6, 6.07) is 8.03. The Hall–Kier alpha value is -2.61. The number of rotatable bonds is 4. The van der Waals surface area contributed by atoms with E-state index in [1.165, 1.54) is 11.0 Å². The fourth-order valence-electron chi connectivity index (χ4n) is 2.61. The van der Waals surface area contributed by atoms with Gasteiger partial charge in [0.1, 0.15) is 0 Å². The van der Waals surface area contributed by atoms with Gasteiger partial charge in [-0.2, -0.15) is 13.2 Å². The molecule has 0 atom stereocenters.